The van der Waals surface area contributed by atoms with Gasteiger partial charge >= 0.3 is 0 Å². The molecule has 0 aliphatic heterocycles. The fraction of sp³-hybridized carbons (Fsp3) is 0. The molecule has 112 valence electrons. The number of nitrogens with one attached hydrogen (secondary N) is 1. The standard InChI is InChI=1S/C12H8ClF3N2O2S/c13-8-4-7(17)5-11(12(8)16)21(19,20)18-10-3-6(14)1-2-9(10)15/h1-5,18H,17H2. The maximum atomic E-state index is 13.8. The zero-order valence-electron chi connectivity index (χ0n) is 10.2. The van der Waals surface area contributed by atoms with Crippen molar-refractivity contribution in [2.24, 2.45) is 0 Å². The summed E-state index contributed by atoms with van der Waals surface area (Å²) in [6, 6.07) is 4.01. The lowest BCUT2D eigenvalue weighted by Crippen LogP contribution is -2.16. The highest BCUT2D eigenvalue weighted by Gasteiger charge is 2.23. The van der Waals surface area contributed by atoms with Crippen molar-refractivity contribution >= 4 is 33.0 Å². The minimum Gasteiger partial charge on any atom is -0.399 e. The Morgan fingerprint density at radius 3 is 2.43 bits per heavy atom. The van der Waals surface area contributed by atoms with E-state index in [1.54, 1.807) is 4.72 Å². The number of hydrogen-bond donors (Lipinski definition) is 2. The Balaban J connectivity index is 2.51. The van der Waals surface area contributed by atoms with Crippen LogP contribution in [0.2, 0.25) is 5.02 Å². The lowest BCUT2D eigenvalue weighted by Gasteiger charge is -2.11. The normalized spacial score (nSPS) is 11.4. The maximum absolute atomic E-state index is 13.8. The molecule has 0 amide bonds. The fourth-order valence-electron chi connectivity index (χ4n) is 1.55. The molecule has 0 fully saturated rings. The van der Waals surface area contributed by atoms with Gasteiger partial charge < -0.3 is 5.73 Å². The molecule has 3 N–H and O–H groups in total. The molecule has 4 nitrogen and oxygen atoms in total. The molecule has 0 bridgehead atoms. The SMILES string of the molecule is Nc1cc(Cl)c(F)c(S(=O)(=O)Nc2cc(F)ccc2F)c1. The number of anilines is 2. The van der Waals surface area contributed by atoms with E-state index in [-0.39, 0.29) is 5.69 Å². The summed E-state index contributed by atoms with van der Waals surface area (Å²) in [4.78, 5) is -0.865. The number of hydrogen-bond acceptors (Lipinski definition) is 3. The topological polar surface area (TPSA) is 72.2 Å². The average molecular weight is 337 g/mol. The summed E-state index contributed by atoms with van der Waals surface area (Å²) in [5.41, 5.74) is 4.64. The van der Waals surface area contributed by atoms with Gasteiger partial charge in [0.25, 0.3) is 10.0 Å². The van der Waals surface area contributed by atoms with Gasteiger partial charge in [-0.1, -0.05) is 11.6 Å². The van der Waals surface area contributed by atoms with E-state index in [4.69, 9.17) is 17.3 Å². The van der Waals surface area contributed by atoms with Gasteiger partial charge in [-0.05, 0) is 24.3 Å². The van der Waals surface area contributed by atoms with Gasteiger partial charge in [-0.15, -0.1) is 0 Å². The molecule has 9 heteroatoms. The van der Waals surface area contributed by atoms with Crippen molar-refractivity contribution in [3.05, 3.63) is 52.8 Å². The molecule has 0 aromatic heterocycles. The molecule has 0 aliphatic rings. The Morgan fingerprint density at radius 1 is 1.10 bits per heavy atom. The summed E-state index contributed by atoms with van der Waals surface area (Å²) in [5.74, 6) is -3.12. The molecular weight excluding hydrogens is 329 g/mol. The van der Waals surface area contributed by atoms with Crippen LogP contribution in [-0.2, 0) is 10.0 Å². The van der Waals surface area contributed by atoms with E-state index in [1.165, 1.54) is 0 Å². The van der Waals surface area contributed by atoms with Crippen LogP contribution in [0.15, 0.2) is 35.2 Å². The van der Waals surface area contributed by atoms with E-state index in [0.717, 1.165) is 24.3 Å². The van der Waals surface area contributed by atoms with Crippen LogP contribution in [0.3, 0.4) is 0 Å². The highest BCUT2D eigenvalue weighted by molar-refractivity contribution is 7.92. The molecule has 0 saturated heterocycles. The summed E-state index contributed by atoms with van der Waals surface area (Å²) in [6.07, 6.45) is 0. The second-order valence-electron chi connectivity index (χ2n) is 4.04. The Morgan fingerprint density at radius 2 is 1.76 bits per heavy atom. The first-order chi connectivity index (χ1) is 9.70. The van der Waals surface area contributed by atoms with Crippen LogP contribution in [-0.4, -0.2) is 8.42 Å². The van der Waals surface area contributed by atoms with Gasteiger partial charge in [-0.25, -0.2) is 21.6 Å². The third-order valence-corrected chi connectivity index (χ3v) is 4.12. The number of sulfonamides is 1. The summed E-state index contributed by atoms with van der Waals surface area (Å²) in [7, 11) is -4.52. The van der Waals surface area contributed by atoms with Crippen LogP contribution in [0.4, 0.5) is 24.5 Å². The maximum Gasteiger partial charge on any atom is 0.265 e. The van der Waals surface area contributed by atoms with Crippen molar-refractivity contribution in [3.8, 4) is 0 Å². The number of nitrogen functional groups attached to an aromatic ring is 1. The number of nitrogens with two attached hydrogens (primary N) is 1. The van der Waals surface area contributed by atoms with E-state index in [0.29, 0.717) is 6.07 Å². The first-order valence-corrected chi connectivity index (χ1v) is 7.29. The molecular formula is C12H8ClF3N2O2S. The minimum atomic E-state index is -4.52. The predicted molar refractivity (Wildman–Crippen MR) is 73.0 cm³/mol. The fourth-order valence-corrected chi connectivity index (χ4v) is 3.03. The number of benzene rings is 2. The molecule has 2 aromatic rings. The van der Waals surface area contributed by atoms with Crippen LogP contribution in [0.1, 0.15) is 0 Å². The summed E-state index contributed by atoms with van der Waals surface area (Å²) < 4.78 is 66.1. The first-order valence-electron chi connectivity index (χ1n) is 5.43. The molecule has 0 spiro atoms. The van der Waals surface area contributed by atoms with Gasteiger partial charge in [0.05, 0.1) is 10.7 Å². The van der Waals surface area contributed by atoms with Crippen molar-refractivity contribution in [3.63, 3.8) is 0 Å². The number of halogens is 4. The molecule has 21 heavy (non-hydrogen) atoms. The monoisotopic (exact) mass is 336 g/mol. The first kappa shape index (κ1) is 15.5. The van der Waals surface area contributed by atoms with Crippen LogP contribution in [0, 0.1) is 17.5 Å². The Kier molecular flexibility index (Phi) is 4.02. The van der Waals surface area contributed by atoms with Crippen LogP contribution < -0.4 is 10.5 Å². The van der Waals surface area contributed by atoms with E-state index in [9.17, 15) is 21.6 Å². The highest BCUT2D eigenvalue weighted by atomic mass is 35.5. The predicted octanol–water partition coefficient (Wildman–Crippen LogP) is 3.14. The molecule has 0 unspecified atom stereocenters. The lowest BCUT2D eigenvalue weighted by molar-refractivity contribution is 0.569. The molecule has 0 aliphatic carbocycles. The molecule has 0 atom stereocenters. The molecule has 2 aromatic carbocycles. The van der Waals surface area contributed by atoms with E-state index in [1.807, 2.05) is 0 Å². The quantitative estimate of drug-likeness (QED) is 0.846. The van der Waals surface area contributed by atoms with E-state index >= 15 is 0 Å². The van der Waals surface area contributed by atoms with Gasteiger partial charge in [-0.2, -0.15) is 0 Å². The Bertz CT molecular complexity index is 812. The molecule has 0 heterocycles. The van der Waals surface area contributed by atoms with E-state index in [2.05, 4.69) is 0 Å². The lowest BCUT2D eigenvalue weighted by atomic mass is 10.3. The third kappa shape index (κ3) is 3.22. The molecule has 0 radical (unpaired) electrons. The highest BCUT2D eigenvalue weighted by Crippen LogP contribution is 2.28. The van der Waals surface area contributed by atoms with Crippen LogP contribution in [0.25, 0.3) is 0 Å². The van der Waals surface area contributed by atoms with Crippen molar-refractivity contribution in [1.82, 2.24) is 0 Å². The minimum absolute atomic E-state index is 0.0958. The molecule has 2 rings (SSSR count). The van der Waals surface area contributed by atoms with Crippen LogP contribution in [0.5, 0.6) is 0 Å². The zero-order valence-corrected chi connectivity index (χ0v) is 11.8. The van der Waals surface area contributed by atoms with Gasteiger partial charge in [0.15, 0.2) is 5.82 Å². The number of rotatable bonds is 3. The van der Waals surface area contributed by atoms with Crippen molar-refractivity contribution < 1.29 is 21.6 Å². The summed E-state index contributed by atoms with van der Waals surface area (Å²) in [6.45, 7) is 0. The third-order valence-electron chi connectivity index (χ3n) is 2.48. The average Bonchev–Trinajstić information content (AvgIpc) is 2.37. The Hall–Kier alpha value is -1.93. The smallest absolute Gasteiger partial charge is 0.265 e. The second kappa shape index (κ2) is 5.45. The van der Waals surface area contributed by atoms with Gasteiger partial charge in [0.1, 0.15) is 16.5 Å². The largest absolute Gasteiger partial charge is 0.399 e. The van der Waals surface area contributed by atoms with Crippen molar-refractivity contribution in [2.75, 3.05) is 10.5 Å². The summed E-state index contributed by atoms with van der Waals surface area (Å²) in [5, 5.41) is -0.505. The Labute approximate surface area is 123 Å². The van der Waals surface area contributed by atoms with Crippen molar-refractivity contribution in [1.29, 1.82) is 0 Å². The molecule has 0 saturated carbocycles. The van der Waals surface area contributed by atoms with Crippen molar-refractivity contribution in [2.45, 2.75) is 4.90 Å². The zero-order chi connectivity index (χ0) is 15.8. The summed E-state index contributed by atoms with van der Waals surface area (Å²) >= 11 is 5.50. The van der Waals surface area contributed by atoms with Crippen LogP contribution >= 0.6 is 11.6 Å². The van der Waals surface area contributed by atoms with E-state index < -0.39 is 43.1 Å². The second-order valence-corrected chi connectivity index (χ2v) is 6.10. The van der Waals surface area contributed by atoms with Gasteiger partial charge in [0.2, 0.25) is 0 Å². The van der Waals surface area contributed by atoms with Gasteiger partial charge in [0, 0.05) is 11.8 Å². The van der Waals surface area contributed by atoms with Gasteiger partial charge in [-0.3, -0.25) is 4.72 Å².